The standard InChI is InChI=1S/C42H43N3O4/c1-3-35-22-32(19-21-43-35)29-12-10-28(11-13-29)18-20-44-42(47)38-23-33-24-39-40(49-41(27-48-39)31-14-16-36(46)17-15-31)25-34(33)26-45(38)37(4-2)30-8-6-5-7-9-30/h5-17,19,21-22,24-25,37-38,41,46H,3-4,18,20,23,26-27H2,1-2H3,(H,44,47). The van der Waals surface area contributed by atoms with E-state index >= 15 is 0 Å². The van der Waals surface area contributed by atoms with Crippen molar-refractivity contribution in [2.45, 2.75) is 64.3 Å². The van der Waals surface area contributed by atoms with Gasteiger partial charge in [0.25, 0.3) is 0 Å². The molecule has 7 heteroatoms. The molecule has 3 heterocycles. The number of phenolic OH excluding ortho intramolecular Hbond substituents is 1. The van der Waals surface area contributed by atoms with E-state index < -0.39 is 0 Å². The Morgan fingerprint density at radius 3 is 2.45 bits per heavy atom. The number of pyridine rings is 1. The van der Waals surface area contributed by atoms with Crippen LogP contribution < -0.4 is 14.8 Å². The van der Waals surface area contributed by atoms with Crippen molar-refractivity contribution in [3.8, 4) is 28.4 Å². The third-order valence-corrected chi connectivity index (χ3v) is 9.81. The van der Waals surface area contributed by atoms with Crippen molar-refractivity contribution in [2.24, 2.45) is 0 Å². The van der Waals surface area contributed by atoms with Crippen LogP contribution >= 0.6 is 0 Å². The molecule has 1 amide bonds. The third kappa shape index (κ3) is 7.18. The SMILES string of the molecule is CCc1cc(-c2ccc(CCNC(=O)C3Cc4cc5c(cc4CN3C(CC)c3ccccc3)OC(c3ccc(O)cc3)CO5)cc2)ccn1. The summed E-state index contributed by atoms with van der Waals surface area (Å²) in [6.07, 6.45) is 4.73. The summed E-state index contributed by atoms with van der Waals surface area (Å²) in [5.41, 5.74) is 9.02. The molecule has 2 N–H and O–H groups in total. The second-order valence-corrected chi connectivity index (χ2v) is 12.9. The van der Waals surface area contributed by atoms with Crippen molar-refractivity contribution in [3.05, 3.63) is 143 Å². The molecule has 0 aliphatic carbocycles. The fraction of sp³-hybridized carbons (Fsp3) is 0.286. The van der Waals surface area contributed by atoms with Gasteiger partial charge < -0.3 is 19.9 Å². The van der Waals surface area contributed by atoms with Crippen LogP contribution in [0, 0.1) is 0 Å². The molecular formula is C42H43N3O4. The van der Waals surface area contributed by atoms with Crippen molar-refractivity contribution in [1.29, 1.82) is 0 Å². The minimum atomic E-state index is -0.327. The zero-order chi connectivity index (χ0) is 33.7. The highest BCUT2D eigenvalue weighted by molar-refractivity contribution is 5.82. The van der Waals surface area contributed by atoms with E-state index in [1.165, 1.54) is 22.3 Å². The second-order valence-electron chi connectivity index (χ2n) is 12.9. The second kappa shape index (κ2) is 14.5. The van der Waals surface area contributed by atoms with Gasteiger partial charge in [0, 0.05) is 31.0 Å². The first-order valence-corrected chi connectivity index (χ1v) is 17.4. The molecular weight excluding hydrogens is 610 g/mol. The molecule has 0 radical (unpaired) electrons. The summed E-state index contributed by atoms with van der Waals surface area (Å²) >= 11 is 0. The van der Waals surface area contributed by atoms with Crippen LogP contribution in [0.5, 0.6) is 17.2 Å². The number of phenols is 1. The number of nitrogens with zero attached hydrogens (tertiary/aromatic N) is 2. The van der Waals surface area contributed by atoms with E-state index in [4.69, 9.17) is 9.47 Å². The van der Waals surface area contributed by atoms with Gasteiger partial charge in [-0.15, -0.1) is 0 Å². The zero-order valence-corrected chi connectivity index (χ0v) is 28.1. The van der Waals surface area contributed by atoms with E-state index in [2.05, 4.69) is 95.8 Å². The average Bonchev–Trinajstić information content (AvgIpc) is 3.15. The first-order chi connectivity index (χ1) is 24.0. The molecule has 250 valence electrons. The average molecular weight is 654 g/mol. The first kappa shape index (κ1) is 32.4. The third-order valence-electron chi connectivity index (χ3n) is 9.81. The van der Waals surface area contributed by atoms with Gasteiger partial charge in [0.2, 0.25) is 5.91 Å². The van der Waals surface area contributed by atoms with E-state index in [1.807, 2.05) is 30.5 Å². The van der Waals surface area contributed by atoms with Crippen molar-refractivity contribution in [2.75, 3.05) is 13.2 Å². The van der Waals surface area contributed by atoms with Crippen LogP contribution in [0.3, 0.4) is 0 Å². The summed E-state index contributed by atoms with van der Waals surface area (Å²) in [7, 11) is 0. The highest BCUT2D eigenvalue weighted by Crippen LogP contribution is 2.42. The molecule has 3 atom stereocenters. The minimum Gasteiger partial charge on any atom is -0.508 e. The van der Waals surface area contributed by atoms with Gasteiger partial charge in [-0.2, -0.15) is 0 Å². The predicted octanol–water partition coefficient (Wildman–Crippen LogP) is 7.77. The Hall–Kier alpha value is -5.14. The van der Waals surface area contributed by atoms with Gasteiger partial charge in [-0.3, -0.25) is 14.7 Å². The number of fused-ring (bicyclic) bond motifs is 2. The highest BCUT2D eigenvalue weighted by Gasteiger charge is 2.37. The van der Waals surface area contributed by atoms with Gasteiger partial charge in [-0.1, -0.05) is 80.6 Å². The van der Waals surface area contributed by atoms with Crippen LogP contribution in [-0.4, -0.2) is 40.1 Å². The summed E-state index contributed by atoms with van der Waals surface area (Å²) < 4.78 is 12.6. The Labute approximate surface area is 288 Å². The monoisotopic (exact) mass is 653 g/mol. The number of aromatic hydroxyl groups is 1. The maximum absolute atomic E-state index is 14.0. The molecule has 0 bridgehead atoms. The molecule has 0 saturated heterocycles. The first-order valence-electron chi connectivity index (χ1n) is 17.4. The number of ether oxygens (including phenoxy) is 2. The van der Waals surface area contributed by atoms with Gasteiger partial charge >= 0.3 is 0 Å². The number of hydrogen-bond donors (Lipinski definition) is 2. The van der Waals surface area contributed by atoms with E-state index in [9.17, 15) is 9.90 Å². The maximum Gasteiger partial charge on any atom is 0.237 e. The van der Waals surface area contributed by atoms with Gasteiger partial charge in [0.05, 0.1) is 6.04 Å². The number of hydrogen-bond acceptors (Lipinski definition) is 6. The van der Waals surface area contributed by atoms with Gasteiger partial charge in [-0.05, 0) is 101 Å². The van der Waals surface area contributed by atoms with Crippen molar-refractivity contribution in [1.82, 2.24) is 15.2 Å². The highest BCUT2D eigenvalue weighted by atomic mass is 16.6. The molecule has 7 nitrogen and oxygen atoms in total. The fourth-order valence-corrected chi connectivity index (χ4v) is 7.10. The van der Waals surface area contributed by atoms with Crippen molar-refractivity contribution < 1.29 is 19.4 Å². The molecule has 0 saturated carbocycles. The molecule has 0 fully saturated rings. The molecule has 2 aliphatic rings. The number of carbonyl (C=O) groups is 1. The van der Waals surface area contributed by atoms with E-state index in [-0.39, 0.29) is 29.8 Å². The largest absolute Gasteiger partial charge is 0.508 e. The van der Waals surface area contributed by atoms with Crippen LogP contribution in [0.2, 0.25) is 0 Å². The Bertz CT molecular complexity index is 1890. The molecule has 3 unspecified atom stereocenters. The van der Waals surface area contributed by atoms with Gasteiger partial charge in [0.1, 0.15) is 12.4 Å². The lowest BCUT2D eigenvalue weighted by atomic mass is 9.89. The quantitative estimate of drug-likeness (QED) is 0.160. The Balaban J connectivity index is 1.08. The van der Waals surface area contributed by atoms with Crippen LogP contribution in [0.15, 0.2) is 109 Å². The smallest absolute Gasteiger partial charge is 0.237 e. The zero-order valence-electron chi connectivity index (χ0n) is 28.1. The molecule has 7 rings (SSSR count). The normalized spacial score (nSPS) is 17.6. The fourth-order valence-electron chi connectivity index (χ4n) is 7.10. The van der Waals surface area contributed by atoms with Crippen LogP contribution in [-0.2, 0) is 30.6 Å². The number of carbonyl (C=O) groups excluding carboxylic acids is 1. The summed E-state index contributed by atoms with van der Waals surface area (Å²) in [4.78, 5) is 20.8. The summed E-state index contributed by atoms with van der Waals surface area (Å²) in [5, 5.41) is 13.0. The van der Waals surface area contributed by atoms with Crippen LogP contribution in [0.1, 0.15) is 65.9 Å². The van der Waals surface area contributed by atoms with E-state index in [0.29, 0.717) is 37.6 Å². The number of benzene rings is 4. The lowest BCUT2D eigenvalue weighted by Gasteiger charge is -2.41. The predicted molar refractivity (Wildman–Crippen MR) is 192 cm³/mol. The number of rotatable bonds is 10. The van der Waals surface area contributed by atoms with Crippen molar-refractivity contribution in [3.63, 3.8) is 0 Å². The Kier molecular flexibility index (Phi) is 9.62. The number of aryl methyl sites for hydroxylation is 1. The Morgan fingerprint density at radius 1 is 0.918 bits per heavy atom. The van der Waals surface area contributed by atoms with Crippen molar-refractivity contribution >= 4 is 5.91 Å². The lowest BCUT2D eigenvalue weighted by Crippen LogP contribution is -2.51. The molecule has 49 heavy (non-hydrogen) atoms. The van der Waals surface area contributed by atoms with Gasteiger partial charge in [-0.25, -0.2) is 0 Å². The molecule has 0 spiro atoms. The van der Waals surface area contributed by atoms with Crippen LogP contribution in [0.4, 0.5) is 0 Å². The minimum absolute atomic E-state index is 0.0443. The molecule has 2 aliphatic heterocycles. The molecule has 4 aromatic carbocycles. The van der Waals surface area contributed by atoms with E-state index in [0.717, 1.165) is 41.6 Å². The Morgan fingerprint density at radius 2 is 1.69 bits per heavy atom. The number of amides is 1. The molecule has 1 aromatic heterocycles. The number of nitrogens with one attached hydrogen (secondary N) is 1. The van der Waals surface area contributed by atoms with Crippen LogP contribution in [0.25, 0.3) is 11.1 Å². The summed E-state index contributed by atoms with van der Waals surface area (Å²) in [6, 6.07) is 34.2. The number of aromatic nitrogens is 1. The van der Waals surface area contributed by atoms with E-state index in [1.54, 1.807) is 12.1 Å². The summed E-state index contributed by atoms with van der Waals surface area (Å²) in [5.74, 6) is 1.68. The van der Waals surface area contributed by atoms with Gasteiger partial charge in [0.15, 0.2) is 17.6 Å². The molecule has 5 aromatic rings. The maximum atomic E-state index is 14.0. The topological polar surface area (TPSA) is 83.9 Å². The summed E-state index contributed by atoms with van der Waals surface area (Å²) in [6.45, 7) is 5.86. The lowest BCUT2D eigenvalue weighted by molar-refractivity contribution is -0.128.